The second kappa shape index (κ2) is 7.88. The summed E-state index contributed by atoms with van der Waals surface area (Å²) in [6.45, 7) is 10.00. The lowest BCUT2D eigenvalue weighted by molar-refractivity contribution is -0.128. The molecule has 0 spiro atoms. The first-order valence-electron chi connectivity index (χ1n) is 9.65. The quantitative estimate of drug-likeness (QED) is 0.619. The molecule has 3 rings (SSSR count). The summed E-state index contributed by atoms with van der Waals surface area (Å²) >= 11 is 0. The van der Waals surface area contributed by atoms with E-state index in [1.54, 1.807) is 0 Å². The van der Waals surface area contributed by atoms with E-state index in [0.29, 0.717) is 11.8 Å². The van der Waals surface area contributed by atoms with Gasteiger partial charge in [0.15, 0.2) is 0 Å². The molecule has 2 heterocycles. The summed E-state index contributed by atoms with van der Waals surface area (Å²) in [5.74, 6) is 1.35. The molecule has 0 bridgehead atoms. The normalized spacial score (nSPS) is 27.5. The number of carbonyl (C=O) groups excluding carboxylic acids is 1. The Balaban J connectivity index is 1.67. The molecule has 3 atom stereocenters. The van der Waals surface area contributed by atoms with Crippen LogP contribution in [0.2, 0.25) is 25.7 Å². The van der Waals surface area contributed by atoms with Crippen LogP contribution in [0.15, 0.2) is 42.5 Å². The Bertz CT molecular complexity index is 608. The Morgan fingerprint density at radius 3 is 2.68 bits per heavy atom. The second-order valence-electron chi connectivity index (χ2n) is 8.84. The summed E-state index contributed by atoms with van der Waals surface area (Å²) in [5.41, 5.74) is 1.30. The zero-order chi connectivity index (χ0) is 17.9. The molecule has 1 amide bonds. The maximum absolute atomic E-state index is 12.5. The first-order chi connectivity index (χ1) is 11.9. The molecule has 2 aliphatic rings. The lowest BCUT2D eigenvalue weighted by Crippen LogP contribution is -2.50. The van der Waals surface area contributed by atoms with Crippen LogP contribution in [0, 0.1) is 11.8 Å². The maximum atomic E-state index is 12.5. The van der Waals surface area contributed by atoms with E-state index in [1.165, 1.54) is 11.6 Å². The Hall–Kier alpha value is -1.39. The van der Waals surface area contributed by atoms with Crippen molar-refractivity contribution in [3.8, 4) is 0 Å². The molecule has 25 heavy (non-hydrogen) atoms. The van der Waals surface area contributed by atoms with Crippen LogP contribution in [0.3, 0.4) is 0 Å². The second-order valence-corrected chi connectivity index (χ2v) is 14.4. The average Bonchev–Trinajstić information content (AvgIpc) is 2.91. The lowest BCUT2D eigenvalue weighted by Gasteiger charge is -2.31. The Labute approximate surface area is 153 Å². The predicted molar refractivity (Wildman–Crippen MR) is 107 cm³/mol. The maximum Gasteiger partial charge on any atom is 0.237 e. The highest BCUT2D eigenvalue weighted by atomic mass is 28.3. The zero-order valence-corrected chi connectivity index (χ0v) is 16.9. The van der Waals surface area contributed by atoms with Gasteiger partial charge in [-0.2, -0.15) is 0 Å². The number of allylic oxidation sites excluding steroid dienone is 2. The first kappa shape index (κ1) is 18.4. The zero-order valence-electron chi connectivity index (χ0n) is 15.9. The highest BCUT2D eigenvalue weighted by Crippen LogP contribution is 2.37. The number of benzene rings is 1. The van der Waals surface area contributed by atoms with Gasteiger partial charge in [-0.05, 0) is 36.3 Å². The molecule has 1 aromatic rings. The summed E-state index contributed by atoms with van der Waals surface area (Å²) in [5, 5.41) is 3.08. The van der Waals surface area contributed by atoms with Crippen molar-refractivity contribution in [3.05, 3.63) is 48.0 Å². The number of rotatable bonds is 6. The van der Waals surface area contributed by atoms with Crippen molar-refractivity contribution in [3.63, 3.8) is 0 Å². The Morgan fingerprint density at radius 1 is 1.20 bits per heavy atom. The van der Waals surface area contributed by atoms with E-state index >= 15 is 0 Å². The number of carbonyl (C=O) groups is 1. The number of fused-ring (bicyclic) bond motifs is 1. The van der Waals surface area contributed by atoms with Crippen LogP contribution in [0.1, 0.15) is 18.4 Å². The summed E-state index contributed by atoms with van der Waals surface area (Å²) in [4.78, 5) is 14.9. The third-order valence-electron chi connectivity index (χ3n) is 5.48. The van der Waals surface area contributed by atoms with Crippen LogP contribution >= 0.6 is 0 Å². The van der Waals surface area contributed by atoms with Gasteiger partial charge in [-0.1, -0.05) is 62.1 Å². The van der Waals surface area contributed by atoms with Crippen LogP contribution in [0.5, 0.6) is 0 Å². The summed E-state index contributed by atoms with van der Waals surface area (Å²) < 4.78 is 0. The van der Waals surface area contributed by atoms with Crippen LogP contribution in [0.4, 0.5) is 0 Å². The Kier molecular flexibility index (Phi) is 5.80. The van der Waals surface area contributed by atoms with Gasteiger partial charge in [0.25, 0.3) is 0 Å². The number of hydrogen-bond acceptors (Lipinski definition) is 2. The van der Waals surface area contributed by atoms with Crippen molar-refractivity contribution in [1.29, 1.82) is 0 Å². The fraction of sp³-hybridized carbons (Fsp3) is 0.571. The average molecular weight is 357 g/mol. The van der Waals surface area contributed by atoms with Gasteiger partial charge >= 0.3 is 0 Å². The molecule has 2 saturated heterocycles. The van der Waals surface area contributed by atoms with Crippen LogP contribution < -0.4 is 5.32 Å². The summed E-state index contributed by atoms with van der Waals surface area (Å²) in [6, 6.07) is 11.9. The van der Waals surface area contributed by atoms with Crippen molar-refractivity contribution in [2.24, 2.45) is 11.8 Å². The van der Waals surface area contributed by atoms with E-state index in [2.05, 4.69) is 72.3 Å². The smallest absolute Gasteiger partial charge is 0.237 e. The van der Waals surface area contributed by atoms with E-state index < -0.39 is 8.07 Å². The van der Waals surface area contributed by atoms with E-state index in [9.17, 15) is 4.79 Å². The van der Waals surface area contributed by atoms with E-state index in [0.717, 1.165) is 32.5 Å². The van der Waals surface area contributed by atoms with Crippen molar-refractivity contribution in [2.75, 3.05) is 13.1 Å². The monoisotopic (exact) mass is 356 g/mol. The fourth-order valence-corrected chi connectivity index (χ4v) is 5.11. The van der Waals surface area contributed by atoms with Gasteiger partial charge in [0.2, 0.25) is 5.91 Å². The summed E-state index contributed by atoms with van der Waals surface area (Å²) in [7, 11) is -1.01. The molecule has 1 N–H and O–H groups in total. The van der Waals surface area contributed by atoms with Crippen molar-refractivity contribution < 1.29 is 4.79 Å². The Morgan fingerprint density at radius 2 is 1.96 bits per heavy atom. The third-order valence-corrected chi connectivity index (χ3v) is 6.94. The van der Waals surface area contributed by atoms with Gasteiger partial charge in [0.1, 0.15) is 0 Å². The van der Waals surface area contributed by atoms with Gasteiger partial charge in [0.05, 0.1) is 6.04 Å². The third kappa shape index (κ3) is 4.82. The summed E-state index contributed by atoms with van der Waals surface area (Å²) in [6.07, 6.45) is 7.01. The highest BCUT2D eigenvalue weighted by molar-refractivity contribution is 6.76. The van der Waals surface area contributed by atoms with Crippen molar-refractivity contribution in [2.45, 2.75) is 51.1 Å². The van der Waals surface area contributed by atoms with Crippen molar-refractivity contribution in [1.82, 2.24) is 10.2 Å². The topological polar surface area (TPSA) is 32.3 Å². The minimum absolute atomic E-state index is 0.0596. The molecular formula is C21H32N2OSi. The molecule has 0 saturated carbocycles. The van der Waals surface area contributed by atoms with Gasteiger partial charge in [-0.15, -0.1) is 0 Å². The number of likely N-dealkylation sites (tertiary alicyclic amines) is 1. The molecule has 0 radical (unpaired) electrons. The molecule has 136 valence electrons. The molecule has 3 nitrogen and oxygen atoms in total. The fourth-order valence-electron chi connectivity index (χ4n) is 4.24. The number of nitrogens with one attached hydrogen (secondary N) is 1. The molecule has 0 aromatic heterocycles. The van der Waals surface area contributed by atoms with Crippen LogP contribution in [0.25, 0.3) is 0 Å². The van der Waals surface area contributed by atoms with Crippen LogP contribution in [-0.2, 0) is 11.3 Å². The largest absolute Gasteiger partial charge is 0.355 e. The van der Waals surface area contributed by atoms with E-state index in [-0.39, 0.29) is 11.9 Å². The number of amides is 1. The minimum atomic E-state index is -1.01. The highest BCUT2D eigenvalue weighted by Gasteiger charge is 2.46. The minimum Gasteiger partial charge on any atom is -0.355 e. The molecule has 4 heteroatoms. The van der Waals surface area contributed by atoms with Gasteiger partial charge < -0.3 is 5.32 Å². The predicted octanol–water partition coefficient (Wildman–Crippen LogP) is 3.91. The van der Waals surface area contributed by atoms with Crippen molar-refractivity contribution >= 4 is 14.0 Å². The molecule has 1 aromatic carbocycles. The van der Waals surface area contributed by atoms with E-state index in [4.69, 9.17) is 0 Å². The molecule has 2 fully saturated rings. The standard InChI is InChI=1S/C21H32N2OSi/c1-25(2,3)14-8-7-11-18-16-23(15-17-9-5-4-6-10-17)20-19(18)12-13-22-21(20)24/h4-10,18-20H,11-16H2,1-3H3,(H,22,24)/b8-7+/t18-,19-,20+/m1/s1. The van der Waals surface area contributed by atoms with E-state index in [1.807, 2.05) is 0 Å². The van der Waals surface area contributed by atoms with Gasteiger partial charge in [-0.25, -0.2) is 0 Å². The molecular weight excluding hydrogens is 324 g/mol. The SMILES string of the molecule is C[Si](C)(C)C/C=C/C[C@@H]1CN(Cc2ccccc2)[C@@H]2C(=O)NCC[C@H]12. The first-order valence-corrected chi connectivity index (χ1v) is 13.4. The number of piperidine rings is 1. The van der Waals surface area contributed by atoms with Crippen LogP contribution in [-0.4, -0.2) is 38.0 Å². The number of hydrogen-bond donors (Lipinski definition) is 1. The van der Waals surface area contributed by atoms with Gasteiger partial charge in [-0.3, -0.25) is 9.69 Å². The molecule has 2 aliphatic heterocycles. The lowest BCUT2D eigenvalue weighted by atomic mass is 9.83. The molecule has 0 aliphatic carbocycles. The number of nitrogens with zero attached hydrogens (tertiary/aromatic N) is 1. The molecule has 0 unspecified atom stereocenters. The van der Waals surface area contributed by atoms with Gasteiger partial charge in [0, 0.05) is 27.7 Å².